The smallest absolute Gasteiger partial charge is 0.407 e. The molecule has 1 spiro atoms. The molecule has 32 heavy (non-hydrogen) atoms. The Hall–Kier alpha value is -0.910. The van der Waals surface area contributed by atoms with Crippen molar-refractivity contribution in [2.24, 2.45) is 39.9 Å². The molecule has 5 rings (SSSR count). The molecule has 5 aliphatic carbocycles. The summed E-state index contributed by atoms with van der Waals surface area (Å²) in [5.74, 6) is 2.21. The van der Waals surface area contributed by atoms with Crippen molar-refractivity contribution in [2.75, 3.05) is 12.0 Å². The van der Waals surface area contributed by atoms with Gasteiger partial charge < -0.3 is 15.2 Å². The largest absolute Gasteiger partial charge is 0.481 e. The second-order valence-corrected chi connectivity index (χ2v) is 13.6. The van der Waals surface area contributed by atoms with E-state index in [0.717, 1.165) is 44.3 Å². The topological polar surface area (TPSA) is 75.6 Å². The second kappa shape index (κ2) is 8.09. The molecule has 0 aliphatic heterocycles. The maximum absolute atomic E-state index is 13.0. The lowest BCUT2D eigenvalue weighted by Gasteiger charge is -2.70. The Labute approximate surface area is 198 Å². The second-order valence-electron chi connectivity index (χ2n) is 12.7. The molecule has 5 nitrogen and oxygen atoms in total. The van der Waals surface area contributed by atoms with E-state index in [2.05, 4.69) is 18.5 Å². The third-order valence-corrected chi connectivity index (χ3v) is 10.8. The molecule has 182 valence electrons. The van der Waals surface area contributed by atoms with Gasteiger partial charge in [0.05, 0.1) is 5.41 Å². The van der Waals surface area contributed by atoms with Gasteiger partial charge in [-0.2, -0.15) is 11.8 Å². The number of rotatable bonds is 4. The average molecular weight is 466 g/mol. The van der Waals surface area contributed by atoms with Crippen LogP contribution in [0.4, 0.5) is 4.79 Å². The van der Waals surface area contributed by atoms with E-state index in [1.807, 2.05) is 39.5 Å². The minimum atomic E-state index is -0.627. The molecule has 8 atom stereocenters. The number of aliphatic carboxylic acids is 1. The lowest BCUT2D eigenvalue weighted by molar-refractivity contribution is -0.212. The van der Waals surface area contributed by atoms with Crippen LogP contribution in [-0.4, -0.2) is 40.8 Å². The molecule has 5 aliphatic rings. The summed E-state index contributed by atoms with van der Waals surface area (Å²) in [5, 5.41) is 13.6. The fraction of sp³-hybridized carbons (Fsp3) is 0.923. The van der Waals surface area contributed by atoms with Crippen LogP contribution in [0.2, 0.25) is 0 Å². The molecule has 0 aromatic heterocycles. The fourth-order valence-corrected chi connectivity index (χ4v) is 9.73. The highest BCUT2D eigenvalue weighted by atomic mass is 32.2. The van der Waals surface area contributed by atoms with Crippen LogP contribution >= 0.6 is 11.8 Å². The predicted octanol–water partition coefficient (Wildman–Crippen LogP) is 5.97. The van der Waals surface area contributed by atoms with Crippen molar-refractivity contribution in [3.63, 3.8) is 0 Å². The number of carboxylic acids is 1. The molecule has 2 N–H and O–H groups in total. The van der Waals surface area contributed by atoms with E-state index in [1.54, 1.807) is 0 Å². The Morgan fingerprint density at radius 1 is 1.09 bits per heavy atom. The molecule has 0 saturated heterocycles. The van der Waals surface area contributed by atoms with E-state index in [1.165, 1.54) is 12.8 Å². The third kappa shape index (κ3) is 3.67. The first-order chi connectivity index (χ1) is 14.9. The molecular weight excluding hydrogens is 422 g/mol. The van der Waals surface area contributed by atoms with Gasteiger partial charge in [-0.25, -0.2) is 4.79 Å². The van der Waals surface area contributed by atoms with Crippen LogP contribution in [0.5, 0.6) is 0 Å². The lowest BCUT2D eigenvalue weighted by Crippen LogP contribution is -2.70. The van der Waals surface area contributed by atoms with Crippen LogP contribution in [0.25, 0.3) is 0 Å². The molecule has 5 saturated carbocycles. The number of carboxylic acid groups (broad SMARTS) is 1. The van der Waals surface area contributed by atoms with Gasteiger partial charge in [0, 0.05) is 6.04 Å². The van der Waals surface area contributed by atoms with E-state index < -0.39 is 17.0 Å². The van der Waals surface area contributed by atoms with Crippen LogP contribution in [0.1, 0.15) is 86.0 Å². The molecule has 0 aromatic carbocycles. The van der Waals surface area contributed by atoms with Crippen molar-refractivity contribution in [1.29, 1.82) is 0 Å². The van der Waals surface area contributed by atoms with Gasteiger partial charge in [-0.05, 0) is 119 Å². The highest BCUT2D eigenvalue weighted by molar-refractivity contribution is 7.98. The Morgan fingerprint density at radius 3 is 2.41 bits per heavy atom. The number of fused-ring (bicyclic) bond motifs is 3. The summed E-state index contributed by atoms with van der Waals surface area (Å²) in [6.07, 6.45) is 10.3. The van der Waals surface area contributed by atoms with E-state index in [0.29, 0.717) is 17.8 Å². The standard InChI is InChI=1S/C26H43NO4S/c1-23(2,3)31-22(30)27-20-17(15-32-6)16-8-12-26(20)13-9-18-24(4,19(26)14-16)10-7-11-25(18,5)21(28)29/h16-20H,7-15H2,1-6H3,(H,27,30)(H,28,29)/t16-,17+,18+,19+,20-,24-,25-,26+/m1/s1. The molecule has 1 amide bonds. The van der Waals surface area contributed by atoms with Crippen molar-refractivity contribution >= 4 is 23.8 Å². The van der Waals surface area contributed by atoms with Crippen molar-refractivity contribution < 1.29 is 19.4 Å². The first-order valence-electron chi connectivity index (χ1n) is 12.6. The minimum absolute atomic E-state index is 0.0283. The number of ether oxygens (including phenoxy) is 1. The SMILES string of the molecule is CSC[C@H]1[C@@H]2CC[C@@]3(CC[C@H]4[C@@](C)(CCC[C@@]4(C)C(=O)O)[C@@H]3C2)[C@@H]1NC(=O)OC(C)(C)C. The molecule has 0 aromatic rings. The summed E-state index contributed by atoms with van der Waals surface area (Å²) < 4.78 is 5.71. The van der Waals surface area contributed by atoms with E-state index in [4.69, 9.17) is 4.74 Å². The fourth-order valence-electron chi connectivity index (χ4n) is 8.88. The number of carbonyl (C=O) groups excluding carboxylic acids is 1. The van der Waals surface area contributed by atoms with Crippen molar-refractivity contribution in [1.82, 2.24) is 5.32 Å². The number of alkyl carbamates (subject to hydrolysis) is 1. The minimum Gasteiger partial charge on any atom is -0.481 e. The first-order valence-corrected chi connectivity index (χ1v) is 14.0. The molecule has 0 heterocycles. The van der Waals surface area contributed by atoms with Crippen LogP contribution < -0.4 is 5.32 Å². The lowest BCUT2D eigenvalue weighted by atomic mass is 9.35. The van der Waals surface area contributed by atoms with Gasteiger partial charge in [-0.3, -0.25) is 4.79 Å². The quantitative estimate of drug-likeness (QED) is 0.535. The maximum atomic E-state index is 13.0. The molecular formula is C26H43NO4S. The van der Waals surface area contributed by atoms with Gasteiger partial charge in [-0.1, -0.05) is 13.3 Å². The number of carbonyl (C=O) groups is 2. The summed E-state index contributed by atoms with van der Waals surface area (Å²) >= 11 is 1.88. The number of thioether (sulfide) groups is 1. The molecule has 2 bridgehead atoms. The summed E-state index contributed by atoms with van der Waals surface area (Å²) in [6, 6.07) is 0.123. The van der Waals surface area contributed by atoms with Gasteiger partial charge in [0.25, 0.3) is 0 Å². The molecule has 0 radical (unpaired) electrons. The van der Waals surface area contributed by atoms with Gasteiger partial charge >= 0.3 is 12.1 Å². The normalized spacial score (nSPS) is 45.5. The average Bonchev–Trinajstić information content (AvgIpc) is 2.68. The monoisotopic (exact) mass is 465 g/mol. The summed E-state index contributed by atoms with van der Waals surface area (Å²) in [4.78, 5) is 25.4. The van der Waals surface area contributed by atoms with Crippen LogP contribution in [0, 0.1) is 39.9 Å². The van der Waals surface area contributed by atoms with Crippen molar-refractivity contribution in [2.45, 2.75) is 97.6 Å². The van der Waals surface area contributed by atoms with E-state index in [-0.39, 0.29) is 28.9 Å². The zero-order chi connectivity index (χ0) is 23.5. The molecule has 0 unspecified atom stereocenters. The van der Waals surface area contributed by atoms with E-state index >= 15 is 0 Å². The molecule has 5 fully saturated rings. The Balaban J connectivity index is 1.70. The van der Waals surface area contributed by atoms with Gasteiger partial charge in [0.1, 0.15) is 5.60 Å². The highest BCUT2D eigenvalue weighted by Crippen LogP contribution is 2.72. The Kier molecular flexibility index (Phi) is 6.13. The third-order valence-electron chi connectivity index (χ3n) is 10.1. The number of nitrogens with one attached hydrogen (secondary N) is 1. The van der Waals surface area contributed by atoms with Crippen LogP contribution in [0.15, 0.2) is 0 Å². The maximum Gasteiger partial charge on any atom is 0.407 e. The van der Waals surface area contributed by atoms with Crippen molar-refractivity contribution in [3.05, 3.63) is 0 Å². The van der Waals surface area contributed by atoms with Crippen molar-refractivity contribution in [3.8, 4) is 0 Å². The van der Waals surface area contributed by atoms with E-state index in [9.17, 15) is 14.7 Å². The zero-order valence-corrected chi connectivity index (χ0v) is 21.6. The summed E-state index contributed by atoms with van der Waals surface area (Å²) in [6.45, 7) is 10.2. The predicted molar refractivity (Wildman–Crippen MR) is 129 cm³/mol. The summed E-state index contributed by atoms with van der Waals surface area (Å²) in [7, 11) is 0. The zero-order valence-electron chi connectivity index (χ0n) is 20.8. The highest BCUT2D eigenvalue weighted by Gasteiger charge is 2.68. The Morgan fingerprint density at radius 2 is 1.78 bits per heavy atom. The number of amides is 1. The first kappa shape index (κ1) is 24.2. The number of hydrogen-bond acceptors (Lipinski definition) is 4. The Bertz CT molecular complexity index is 765. The van der Waals surface area contributed by atoms with Gasteiger partial charge in [0.2, 0.25) is 0 Å². The summed E-state index contributed by atoms with van der Waals surface area (Å²) in [5.41, 5.74) is -1.05. The van der Waals surface area contributed by atoms with Gasteiger partial charge in [-0.15, -0.1) is 0 Å². The number of hydrogen-bond donors (Lipinski definition) is 2. The molecule has 6 heteroatoms. The van der Waals surface area contributed by atoms with Crippen LogP contribution in [-0.2, 0) is 9.53 Å². The van der Waals surface area contributed by atoms with Gasteiger partial charge in [0.15, 0.2) is 0 Å². The van der Waals surface area contributed by atoms with Crippen LogP contribution in [0.3, 0.4) is 0 Å².